The number of fused-ring (bicyclic) bond motifs is 3. The summed E-state index contributed by atoms with van der Waals surface area (Å²) in [6, 6.07) is 12.1. The smallest absolute Gasteiger partial charge is 0.247 e. The molecule has 0 aromatic heterocycles. The fourth-order valence-electron chi connectivity index (χ4n) is 5.64. The highest BCUT2D eigenvalue weighted by Gasteiger charge is 2.51. The quantitative estimate of drug-likeness (QED) is 0.281. The Hall–Kier alpha value is -3.40. The molecule has 4 rings (SSSR count). The van der Waals surface area contributed by atoms with E-state index in [4.69, 9.17) is 9.47 Å². The maximum absolute atomic E-state index is 13.7. The third kappa shape index (κ3) is 6.32. The fourth-order valence-corrected chi connectivity index (χ4v) is 5.64. The number of rotatable bonds is 13. The van der Waals surface area contributed by atoms with Gasteiger partial charge in [-0.3, -0.25) is 9.59 Å². The molecule has 4 N–H and O–H groups in total. The van der Waals surface area contributed by atoms with Gasteiger partial charge in [0.1, 0.15) is 12.2 Å². The molecule has 0 saturated heterocycles. The first-order valence-electron chi connectivity index (χ1n) is 14.0. The lowest BCUT2D eigenvalue weighted by Crippen LogP contribution is -2.56. The van der Waals surface area contributed by atoms with Gasteiger partial charge in [-0.1, -0.05) is 56.5 Å². The van der Waals surface area contributed by atoms with Crippen LogP contribution in [0.1, 0.15) is 55.2 Å². The van der Waals surface area contributed by atoms with E-state index in [-0.39, 0.29) is 32.1 Å². The first-order valence-corrected chi connectivity index (χ1v) is 14.0. The van der Waals surface area contributed by atoms with Crippen molar-refractivity contribution in [1.29, 1.82) is 0 Å². The first-order chi connectivity index (χ1) is 19.4. The highest BCUT2D eigenvalue weighted by Crippen LogP contribution is 2.51. The third-order valence-corrected chi connectivity index (χ3v) is 7.63. The van der Waals surface area contributed by atoms with Crippen molar-refractivity contribution in [2.75, 3.05) is 26.8 Å². The largest absolute Gasteiger partial charge is 0.493 e. The molecule has 40 heavy (non-hydrogen) atoms. The summed E-state index contributed by atoms with van der Waals surface area (Å²) >= 11 is 0. The standard InChI is InChI=1S/C31H40N2O7/c1-3-4-5-9-13-33(26(36)17-20-10-7-6-8-11-20)24-18-23(31(38)32-12-14-34)27-22-15-21(19-35)16-25(39-2)29(22)40-30(27)28(24)37/h6-8,10-11,15-16,18,24,27-28,30,34-35,37H,3-5,9,12-14,17,19H2,1-2H3,(H,32,38)/t24-,27+,28+,30+/m1/s1. The summed E-state index contributed by atoms with van der Waals surface area (Å²) in [6.07, 6.45) is 3.65. The van der Waals surface area contributed by atoms with Gasteiger partial charge in [-0.2, -0.15) is 0 Å². The zero-order valence-electron chi connectivity index (χ0n) is 23.2. The van der Waals surface area contributed by atoms with Crippen molar-refractivity contribution in [2.24, 2.45) is 0 Å². The van der Waals surface area contributed by atoms with Crippen LogP contribution in [0.4, 0.5) is 0 Å². The van der Waals surface area contributed by atoms with Crippen LogP contribution in [0.25, 0.3) is 0 Å². The minimum absolute atomic E-state index is 0.0577. The van der Waals surface area contributed by atoms with Gasteiger partial charge in [-0.05, 0) is 35.8 Å². The number of aliphatic hydroxyl groups excluding tert-OH is 3. The van der Waals surface area contributed by atoms with Gasteiger partial charge < -0.3 is 35.0 Å². The van der Waals surface area contributed by atoms with Crippen LogP contribution in [0.15, 0.2) is 54.1 Å². The monoisotopic (exact) mass is 552 g/mol. The van der Waals surface area contributed by atoms with Crippen molar-refractivity contribution in [1.82, 2.24) is 10.2 Å². The maximum atomic E-state index is 13.7. The minimum atomic E-state index is -1.13. The molecule has 0 spiro atoms. The van der Waals surface area contributed by atoms with Crippen LogP contribution in [-0.4, -0.2) is 77.1 Å². The van der Waals surface area contributed by atoms with E-state index in [1.165, 1.54) is 7.11 Å². The normalized spacial score (nSPS) is 21.1. The van der Waals surface area contributed by atoms with Gasteiger partial charge in [0.2, 0.25) is 11.8 Å². The van der Waals surface area contributed by atoms with Crippen molar-refractivity contribution >= 4 is 11.8 Å². The van der Waals surface area contributed by atoms with E-state index in [0.29, 0.717) is 34.7 Å². The summed E-state index contributed by atoms with van der Waals surface area (Å²) in [5, 5.41) is 33.6. The molecule has 9 heteroatoms. The molecule has 0 fully saturated rings. The van der Waals surface area contributed by atoms with Crippen molar-refractivity contribution in [3.05, 3.63) is 70.8 Å². The number of unbranched alkanes of at least 4 members (excludes halogenated alkanes) is 3. The second-order valence-electron chi connectivity index (χ2n) is 10.3. The zero-order valence-corrected chi connectivity index (χ0v) is 23.2. The number of hydrogen-bond donors (Lipinski definition) is 4. The fraction of sp³-hybridized carbons (Fsp3) is 0.484. The second kappa shape index (κ2) is 13.8. The lowest BCUT2D eigenvalue weighted by Gasteiger charge is -2.41. The Labute approximate surface area is 235 Å². The topological polar surface area (TPSA) is 129 Å². The maximum Gasteiger partial charge on any atom is 0.247 e. The summed E-state index contributed by atoms with van der Waals surface area (Å²) in [7, 11) is 1.49. The number of methoxy groups -OCH3 is 1. The number of carbonyl (C=O) groups excluding carboxylic acids is 2. The van der Waals surface area contributed by atoms with Crippen molar-refractivity contribution in [3.63, 3.8) is 0 Å². The van der Waals surface area contributed by atoms with Gasteiger partial charge in [-0.15, -0.1) is 0 Å². The van der Waals surface area contributed by atoms with Crippen LogP contribution in [0, 0.1) is 0 Å². The van der Waals surface area contributed by atoms with Gasteiger partial charge in [0.15, 0.2) is 11.5 Å². The average Bonchev–Trinajstić information content (AvgIpc) is 3.36. The molecule has 0 radical (unpaired) electrons. The Bertz CT molecular complexity index is 1200. The molecule has 9 nitrogen and oxygen atoms in total. The minimum Gasteiger partial charge on any atom is -0.493 e. The van der Waals surface area contributed by atoms with E-state index in [1.807, 2.05) is 30.3 Å². The molecule has 4 atom stereocenters. The van der Waals surface area contributed by atoms with Crippen LogP contribution in [0.5, 0.6) is 11.5 Å². The van der Waals surface area contributed by atoms with Crippen molar-refractivity contribution < 1.29 is 34.4 Å². The summed E-state index contributed by atoms with van der Waals surface area (Å²) in [5.74, 6) is -0.405. The molecule has 2 aromatic rings. The third-order valence-electron chi connectivity index (χ3n) is 7.63. The van der Waals surface area contributed by atoms with Gasteiger partial charge in [0.05, 0.1) is 38.7 Å². The summed E-state index contributed by atoms with van der Waals surface area (Å²) in [4.78, 5) is 28.8. The van der Waals surface area contributed by atoms with Crippen molar-refractivity contribution in [2.45, 2.75) is 69.8 Å². The average molecular weight is 553 g/mol. The van der Waals surface area contributed by atoms with E-state index >= 15 is 0 Å². The van der Waals surface area contributed by atoms with E-state index < -0.39 is 30.1 Å². The van der Waals surface area contributed by atoms with Gasteiger partial charge in [0, 0.05) is 24.2 Å². The molecular weight excluding hydrogens is 512 g/mol. The summed E-state index contributed by atoms with van der Waals surface area (Å²) in [6.45, 7) is 2.14. The molecule has 0 bridgehead atoms. The molecule has 2 aromatic carbocycles. The van der Waals surface area contributed by atoms with Gasteiger partial charge >= 0.3 is 0 Å². The highest BCUT2D eigenvalue weighted by molar-refractivity contribution is 5.96. The number of nitrogens with zero attached hydrogens (tertiary/aromatic N) is 1. The van der Waals surface area contributed by atoms with E-state index in [9.17, 15) is 24.9 Å². The lowest BCUT2D eigenvalue weighted by atomic mass is 9.77. The number of ether oxygens (including phenoxy) is 2. The second-order valence-corrected chi connectivity index (χ2v) is 10.3. The number of carbonyl (C=O) groups is 2. The number of nitrogens with one attached hydrogen (secondary N) is 1. The zero-order chi connectivity index (χ0) is 28.6. The molecule has 0 saturated carbocycles. The lowest BCUT2D eigenvalue weighted by molar-refractivity contribution is -0.136. The van der Waals surface area contributed by atoms with Gasteiger partial charge in [-0.25, -0.2) is 0 Å². The molecule has 2 amide bonds. The van der Waals surface area contributed by atoms with Crippen LogP contribution in [-0.2, 0) is 22.6 Å². The number of hydrogen-bond acceptors (Lipinski definition) is 7. The van der Waals surface area contributed by atoms with E-state index in [1.54, 1.807) is 23.1 Å². The van der Waals surface area contributed by atoms with Crippen LogP contribution >= 0.6 is 0 Å². The predicted molar refractivity (Wildman–Crippen MR) is 150 cm³/mol. The summed E-state index contributed by atoms with van der Waals surface area (Å²) in [5.41, 5.74) is 2.42. The van der Waals surface area contributed by atoms with E-state index in [0.717, 1.165) is 31.2 Å². The SMILES string of the molecule is CCCCCCN(C(=O)Cc1ccccc1)[C@@H]1C=C(C(=O)NCCO)[C@@H]2c3cc(CO)cc(OC)c3O[C@@H]2[C@H]1O. The molecule has 0 unspecified atom stereocenters. The first kappa shape index (κ1) is 29.6. The number of benzene rings is 2. The van der Waals surface area contributed by atoms with Crippen LogP contribution in [0.2, 0.25) is 0 Å². The highest BCUT2D eigenvalue weighted by atomic mass is 16.5. The molecule has 1 heterocycles. The number of amides is 2. The Morgan fingerprint density at radius 2 is 1.85 bits per heavy atom. The van der Waals surface area contributed by atoms with E-state index in [2.05, 4.69) is 12.2 Å². The molecule has 2 aliphatic rings. The molecular formula is C31H40N2O7. The predicted octanol–water partition coefficient (Wildman–Crippen LogP) is 2.46. The Morgan fingerprint density at radius 1 is 1.07 bits per heavy atom. The van der Waals surface area contributed by atoms with Crippen LogP contribution < -0.4 is 14.8 Å². The molecule has 216 valence electrons. The summed E-state index contributed by atoms with van der Waals surface area (Å²) < 4.78 is 11.8. The molecule has 1 aliphatic carbocycles. The Morgan fingerprint density at radius 3 is 2.52 bits per heavy atom. The van der Waals surface area contributed by atoms with Crippen LogP contribution in [0.3, 0.4) is 0 Å². The molecule has 1 aliphatic heterocycles. The number of aliphatic hydroxyl groups is 3. The van der Waals surface area contributed by atoms with Gasteiger partial charge in [0.25, 0.3) is 0 Å². The Balaban J connectivity index is 1.75. The Kier molecular flexibility index (Phi) is 10.2. The van der Waals surface area contributed by atoms with Crippen molar-refractivity contribution in [3.8, 4) is 11.5 Å².